The number of hydrogen-bond donors (Lipinski definition) is 1. The van der Waals surface area contributed by atoms with Crippen molar-refractivity contribution in [2.24, 2.45) is 0 Å². The highest BCUT2D eigenvalue weighted by atomic mass is 15.3. The smallest absolute Gasteiger partial charge is 0.0573 e. The minimum absolute atomic E-state index is 0.244. The van der Waals surface area contributed by atoms with Gasteiger partial charge in [-0.25, -0.2) is 0 Å². The maximum atomic E-state index is 4.58. The molecule has 112 valence electrons. The van der Waals surface area contributed by atoms with Gasteiger partial charge >= 0.3 is 0 Å². The van der Waals surface area contributed by atoms with Crippen molar-refractivity contribution >= 4 is 0 Å². The van der Waals surface area contributed by atoms with Gasteiger partial charge in [-0.1, -0.05) is 26.3 Å². The molecule has 0 aliphatic carbocycles. The maximum Gasteiger partial charge on any atom is 0.0573 e. The fourth-order valence-electron chi connectivity index (χ4n) is 3.04. The van der Waals surface area contributed by atoms with E-state index in [-0.39, 0.29) is 5.54 Å². The predicted molar refractivity (Wildman–Crippen MR) is 84.8 cm³/mol. The second kappa shape index (κ2) is 6.68. The normalized spacial score (nSPS) is 27.7. The summed E-state index contributed by atoms with van der Waals surface area (Å²) in [5.74, 6) is 0. The van der Waals surface area contributed by atoms with Crippen LogP contribution >= 0.6 is 0 Å². The molecule has 3 nitrogen and oxygen atoms in total. The lowest BCUT2D eigenvalue weighted by atomic mass is 9.90. The van der Waals surface area contributed by atoms with E-state index >= 15 is 0 Å². The Morgan fingerprint density at radius 3 is 2.90 bits per heavy atom. The van der Waals surface area contributed by atoms with Gasteiger partial charge in [-0.2, -0.15) is 0 Å². The zero-order chi connectivity index (χ0) is 14.6. The molecule has 0 bridgehead atoms. The van der Waals surface area contributed by atoms with E-state index in [1.165, 1.54) is 30.5 Å². The highest BCUT2D eigenvalue weighted by Gasteiger charge is 2.36. The molecule has 2 heterocycles. The van der Waals surface area contributed by atoms with E-state index in [9.17, 15) is 0 Å². The Kier molecular flexibility index (Phi) is 5.17. The molecule has 0 radical (unpaired) electrons. The monoisotopic (exact) mass is 275 g/mol. The third kappa shape index (κ3) is 3.39. The van der Waals surface area contributed by atoms with Gasteiger partial charge in [0.15, 0.2) is 0 Å². The van der Waals surface area contributed by atoms with Crippen LogP contribution in [0.2, 0.25) is 0 Å². The van der Waals surface area contributed by atoms with Crippen LogP contribution in [-0.4, -0.2) is 34.6 Å². The highest BCUT2D eigenvalue weighted by Crippen LogP contribution is 2.26. The lowest BCUT2D eigenvalue weighted by Gasteiger charge is -2.48. The van der Waals surface area contributed by atoms with Crippen molar-refractivity contribution in [2.45, 2.75) is 65.1 Å². The minimum atomic E-state index is 0.244. The molecule has 1 saturated heterocycles. The highest BCUT2D eigenvalue weighted by molar-refractivity contribution is 5.18. The Balaban J connectivity index is 2.13. The molecule has 0 spiro atoms. The van der Waals surface area contributed by atoms with Crippen molar-refractivity contribution in [2.75, 3.05) is 13.1 Å². The van der Waals surface area contributed by atoms with Crippen LogP contribution in [0.3, 0.4) is 0 Å². The third-order valence-corrected chi connectivity index (χ3v) is 4.83. The summed E-state index contributed by atoms with van der Waals surface area (Å²) in [5.41, 5.74) is 2.77. The molecule has 1 aliphatic rings. The maximum absolute atomic E-state index is 4.58. The summed E-state index contributed by atoms with van der Waals surface area (Å²) in [6.45, 7) is 12.3. The van der Waals surface area contributed by atoms with Crippen LogP contribution in [-0.2, 0) is 6.54 Å². The van der Waals surface area contributed by atoms with Crippen LogP contribution in [0.1, 0.15) is 51.3 Å². The molecule has 2 atom stereocenters. The largest absolute Gasteiger partial charge is 0.311 e. The van der Waals surface area contributed by atoms with E-state index in [2.05, 4.69) is 49.0 Å². The first kappa shape index (κ1) is 15.5. The van der Waals surface area contributed by atoms with Gasteiger partial charge in [0.2, 0.25) is 0 Å². The summed E-state index contributed by atoms with van der Waals surface area (Å²) in [6.07, 6.45) is 5.59. The molecule has 1 aliphatic heterocycles. The molecule has 2 unspecified atom stereocenters. The number of aromatic nitrogens is 1. The van der Waals surface area contributed by atoms with Crippen LogP contribution in [0, 0.1) is 6.92 Å². The van der Waals surface area contributed by atoms with Gasteiger partial charge in [0.25, 0.3) is 0 Å². The van der Waals surface area contributed by atoms with Crippen LogP contribution in [0.4, 0.5) is 0 Å². The van der Waals surface area contributed by atoms with E-state index in [0.717, 1.165) is 19.6 Å². The number of aryl methyl sites for hydroxylation is 1. The SMILES string of the molecule is CCCC1CN(Cc2ncccc2C)C(C)(CC)CN1. The lowest BCUT2D eigenvalue weighted by molar-refractivity contribution is 0.0384. The second-order valence-corrected chi connectivity index (χ2v) is 6.36. The van der Waals surface area contributed by atoms with E-state index < -0.39 is 0 Å². The van der Waals surface area contributed by atoms with Crippen LogP contribution in [0.5, 0.6) is 0 Å². The Labute approximate surface area is 123 Å². The van der Waals surface area contributed by atoms with E-state index in [4.69, 9.17) is 0 Å². The average Bonchev–Trinajstić information content (AvgIpc) is 2.45. The first-order valence-electron chi connectivity index (χ1n) is 7.98. The molecule has 20 heavy (non-hydrogen) atoms. The van der Waals surface area contributed by atoms with Crippen LogP contribution in [0.25, 0.3) is 0 Å². The summed E-state index contributed by atoms with van der Waals surface area (Å²) in [4.78, 5) is 7.22. The Hall–Kier alpha value is -0.930. The average molecular weight is 275 g/mol. The summed E-state index contributed by atoms with van der Waals surface area (Å²) in [5, 5.41) is 3.73. The zero-order valence-electron chi connectivity index (χ0n) is 13.4. The fourth-order valence-corrected chi connectivity index (χ4v) is 3.04. The van der Waals surface area contributed by atoms with Gasteiger partial charge in [0, 0.05) is 37.4 Å². The molecule has 3 heteroatoms. The van der Waals surface area contributed by atoms with E-state index in [1.54, 1.807) is 0 Å². The van der Waals surface area contributed by atoms with Crippen molar-refractivity contribution in [1.82, 2.24) is 15.2 Å². The second-order valence-electron chi connectivity index (χ2n) is 6.36. The third-order valence-electron chi connectivity index (χ3n) is 4.83. The Morgan fingerprint density at radius 1 is 1.45 bits per heavy atom. The van der Waals surface area contributed by atoms with Gasteiger partial charge in [-0.15, -0.1) is 0 Å². The van der Waals surface area contributed by atoms with E-state index in [1.807, 2.05) is 12.3 Å². The number of nitrogens with one attached hydrogen (secondary N) is 1. The number of hydrogen-bond acceptors (Lipinski definition) is 3. The lowest BCUT2D eigenvalue weighted by Crippen LogP contribution is -2.62. The van der Waals surface area contributed by atoms with Crippen molar-refractivity contribution in [1.29, 1.82) is 0 Å². The molecule has 1 aromatic heterocycles. The van der Waals surface area contributed by atoms with E-state index in [0.29, 0.717) is 6.04 Å². The van der Waals surface area contributed by atoms with Crippen LogP contribution < -0.4 is 5.32 Å². The van der Waals surface area contributed by atoms with Crippen molar-refractivity contribution in [3.63, 3.8) is 0 Å². The summed E-state index contributed by atoms with van der Waals surface area (Å²) in [6, 6.07) is 4.82. The molecule has 0 saturated carbocycles. The number of nitrogens with zero attached hydrogens (tertiary/aromatic N) is 2. The number of rotatable bonds is 5. The van der Waals surface area contributed by atoms with Crippen molar-refractivity contribution in [3.05, 3.63) is 29.6 Å². The standard InChI is InChI=1S/C17H29N3/c1-5-8-15-11-20(17(4,6-2)13-19-15)12-16-14(3)9-7-10-18-16/h7,9-10,15,19H,5-6,8,11-13H2,1-4H3. The predicted octanol–water partition coefficient (Wildman–Crippen LogP) is 3.13. The molecule has 1 aromatic rings. The zero-order valence-corrected chi connectivity index (χ0v) is 13.4. The Bertz CT molecular complexity index is 432. The molecule has 1 fully saturated rings. The first-order valence-corrected chi connectivity index (χ1v) is 7.98. The molecule has 0 aromatic carbocycles. The topological polar surface area (TPSA) is 28.2 Å². The number of piperazine rings is 1. The van der Waals surface area contributed by atoms with Crippen LogP contribution in [0.15, 0.2) is 18.3 Å². The fraction of sp³-hybridized carbons (Fsp3) is 0.706. The van der Waals surface area contributed by atoms with Gasteiger partial charge in [-0.05, 0) is 38.3 Å². The van der Waals surface area contributed by atoms with Gasteiger partial charge in [0.1, 0.15) is 0 Å². The van der Waals surface area contributed by atoms with Crippen molar-refractivity contribution < 1.29 is 0 Å². The summed E-state index contributed by atoms with van der Waals surface area (Å²) >= 11 is 0. The molecular formula is C17H29N3. The molecule has 1 N–H and O–H groups in total. The molecule has 2 rings (SSSR count). The Morgan fingerprint density at radius 2 is 2.25 bits per heavy atom. The first-order chi connectivity index (χ1) is 9.59. The van der Waals surface area contributed by atoms with Gasteiger partial charge in [-0.3, -0.25) is 9.88 Å². The quantitative estimate of drug-likeness (QED) is 0.895. The minimum Gasteiger partial charge on any atom is -0.311 e. The van der Waals surface area contributed by atoms with Gasteiger partial charge < -0.3 is 5.32 Å². The summed E-state index contributed by atoms with van der Waals surface area (Å²) in [7, 11) is 0. The molecule has 0 amide bonds. The number of pyridine rings is 1. The van der Waals surface area contributed by atoms with Crippen molar-refractivity contribution in [3.8, 4) is 0 Å². The molecular weight excluding hydrogens is 246 g/mol. The van der Waals surface area contributed by atoms with Gasteiger partial charge in [0.05, 0.1) is 5.69 Å². The summed E-state index contributed by atoms with van der Waals surface area (Å²) < 4.78 is 0.